The lowest BCUT2D eigenvalue weighted by Crippen LogP contribution is -2.15. The molecule has 3 heterocycles. The quantitative estimate of drug-likeness (QED) is 0.846. The number of aryl methyl sites for hydroxylation is 1. The first kappa shape index (κ1) is 10.9. The summed E-state index contributed by atoms with van der Waals surface area (Å²) < 4.78 is 5.25. The second-order valence-corrected chi connectivity index (χ2v) is 5.02. The molecule has 0 aromatic carbocycles. The second-order valence-electron chi connectivity index (χ2n) is 4.28. The third-order valence-corrected chi connectivity index (χ3v) is 3.81. The molecule has 5 nitrogen and oxygen atoms in total. The highest BCUT2D eigenvalue weighted by molar-refractivity contribution is 7.08. The van der Waals surface area contributed by atoms with Crippen LogP contribution in [0.25, 0.3) is 11.4 Å². The topological polar surface area (TPSA) is 71.2 Å². The van der Waals surface area contributed by atoms with Gasteiger partial charge in [0.2, 0.25) is 11.7 Å². The van der Waals surface area contributed by atoms with E-state index in [9.17, 15) is 5.11 Å². The largest absolute Gasteiger partial charge is 0.392 e. The van der Waals surface area contributed by atoms with Crippen LogP contribution in [0.2, 0.25) is 0 Å². The van der Waals surface area contributed by atoms with Crippen molar-refractivity contribution in [3.8, 4) is 11.4 Å². The summed E-state index contributed by atoms with van der Waals surface area (Å²) in [6.45, 7) is 2.61. The lowest BCUT2D eigenvalue weighted by molar-refractivity contribution is 0.191. The van der Waals surface area contributed by atoms with E-state index in [0.29, 0.717) is 24.7 Å². The molecular formula is C11H13N3O2S. The van der Waals surface area contributed by atoms with Crippen LogP contribution in [-0.2, 0) is 0 Å². The second kappa shape index (κ2) is 4.21. The van der Waals surface area contributed by atoms with E-state index in [1.807, 2.05) is 12.3 Å². The standard InChI is InChI=1S/C11H13N3O2S/c1-6-4-17-5-8(6)10-13-11(16-14-10)9-2-7(15)3-12-9/h4-5,7,9,12,15H,2-3H2,1H3/t7-,9-/m1/s1. The van der Waals surface area contributed by atoms with Crippen molar-refractivity contribution in [1.29, 1.82) is 0 Å². The molecule has 0 spiro atoms. The molecule has 0 saturated carbocycles. The predicted octanol–water partition coefficient (Wildman–Crippen LogP) is 1.50. The monoisotopic (exact) mass is 251 g/mol. The van der Waals surface area contributed by atoms with Crippen LogP contribution in [-0.4, -0.2) is 27.9 Å². The zero-order valence-electron chi connectivity index (χ0n) is 9.38. The van der Waals surface area contributed by atoms with Crippen LogP contribution in [0, 0.1) is 6.92 Å². The fourth-order valence-electron chi connectivity index (χ4n) is 1.98. The molecule has 2 aromatic rings. The van der Waals surface area contributed by atoms with Crippen molar-refractivity contribution in [3.05, 3.63) is 22.2 Å². The van der Waals surface area contributed by atoms with Gasteiger partial charge in [-0.1, -0.05) is 5.16 Å². The van der Waals surface area contributed by atoms with E-state index < -0.39 is 0 Å². The van der Waals surface area contributed by atoms with Crippen molar-refractivity contribution in [2.45, 2.75) is 25.5 Å². The lowest BCUT2D eigenvalue weighted by atomic mass is 10.2. The first-order valence-corrected chi connectivity index (χ1v) is 6.46. The van der Waals surface area contributed by atoms with Crippen LogP contribution in [0.3, 0.4) is 0 Å². The van der Waals surface area contributed by atoms with E-state index in [4.69, 9.17) is 4.52 Å². The van der Waals surface area contributed by atoms with E-state index in [1.54, 1.807) is 11.3 Å². The van der Waals surface area contributed by atoms with Crippen LogP contribution in [0.4, 0.5) is 0 Å². The van der Waals surface area contributed by atoms with Gasteiger partial charge in [-0.15, -0.1) is 0 Å². The van der Waals surface area contributed by atoms with Gasteiger partial charge in [0, 0.05) is 17.5 Å². The average Bonchev–Trinajstić information content (AvgIpc) is 2.97. The number of aliphatic hydroxyl groups excluding tert-OH is 1. The number of nitrogens with one attached hydrogen (secondary N) is 1. The molecule has 0 bridgehead atoms. The van der Waals surface area contributed by atoms with Crippen molar-refractivity contribution in [2.75, 3.05) is 6.54 Å². The number of rotatable bonds is 2. The molecule has 0 amide bonds. The molecule has 1 aliphatic rings. The Labute approximate surface area is 102 Å². The summed E-state index contributed by atoms with van der Waals surface area (Å²) in [7, 11) is 0. The van der Waals surface area contributed by atoms with Gasteiger partial charge in [0.05, 0.1) is 12.1 Å². The summed E-state index contributed by atoms with van der Waals surface area (Å²) in [6, 6.07) is -0.0230. The Morgan fingerprint density at radius 2 is 2.41 bits per heavy atom. The summed E-state index contributed by atoms with van der Waals surface area (Å²) in [5, 5.41) is 20.7. The summed E-state index contributed by atoms with van der Waals surface area (Å²) in [6.07, 6.45) is 0.308. The molecule has 0 aliphatic carbocycles. The minimum Gasteiger partial charge on any atom is -0.392 e. The average molecular weight is 251 g/mol. The molecule has 2 aromatic heterocycles. The molecule has 2 N–H and O–H groups in total. The summed E-state index contributed by atoms with van der Waals surface area (Å²) in [5.41, 5.74) is 2.17. The number of β-amino-alcohol motifs (C(OH)–C–C–N with tert-alkyl or cyclic N) is 1. The molecule has 0 radical (unpaired) electrons. The zero-order chi connectivity index (χ0) is 11.8. The van der Waals surface area contributed by atoms with Gasteiger partial charge in [-0.3, -0.25) is 0 Å². The molecule has 2 atom stereocenters. The smallest absolute Gasteiger partial charge is 0.244 e. The number of hydrogen-bond acceptors (Lipinski definition) is 6. The third-order valence-electron chi connectivity index (χ3n) is 2.94. The van der Waals surface area contributed by atoms with Crippen molar-refractivity contribution in [2.24, 2.45) is 0 Å². The van der Waals surface area contributed by atoms with Crippen molar-refractivity contribution < 1.29 is 9.63 Å². The van der Waals surface area contributed by atoms with E-state index in [2.05, 4.69) is 20.8 Å². The Kier molecular flexibility index (Phi) is 2.70. The van der Waals surface area contributed by atoms with Crippen LogP contribution >= 0.6 is 11.3 Å². The molecule has 17 heavy (non-hydrogen) atoms. The van der Waals surface area contributed by atoms with Crippen LogP contribution in [0.1, 0.15) is 23.9 Å². The van der Waals surface area contributed by atoms with Crippen molar-refractivity contribution in [1.82, 2.24) is 15.5 Å². The SMILES string of the molecule is Cc1cscc1-c1noc([C@H]2C[C@@H](O)CN2)n1. The van der Waals surface area contributed by atoms with Gasteiger partial charge in [-0.25, -0.2) is 0 Å². The molecule has 90 valence electrons. The summed E-state index contributed by atoms with van der Waals surface area (Å²) in [5.74, 6) is 1.18. The number of aromatic nitrogens is 2. The van der Waals surface area contributed by atoms with Gasteiger partial charge in [0.1, 0.15) is 0 Å². The number of thiophene rings is 1. The number of nitrogens with zero attached hydrogens (tertiary/aromatic N) is 2. The first-order chi connectivity index (χ1) is 8.24. The Bertz CT molecular complexity index is 522. The van der Waals surface area contributed by atoms with Crippen molar-refractivity contribution in [3.63, 3.8) is 0 Å². The Morgan fingerprint density at radius 3 is 3.06 bits per heavy atom. The molecule has 1 aliphatic heterocycles. The molecule has 3 rings (SSSR count). The maximum atomic E-state index is 9.45. The van der Waals surface area contributed by atoms with Gasteiger partial charge in [-0.05, 0) is 24.3 Å². The fourth-order valence-corrected chi connectivity index (χ4v) is 2.81. The Balaban J connectivity index is 1.86. The molecule has 6 heteroatoms. The van der Waals surface area contributed by atoms with E-state index >= 15 is 0 Å². The minimum absolute atomic E-state index is 0.0230. The van der Waals surface area contributed by atoms with Gasteiger partial charge in [-0.2, -0.15) is 16.3 Å². The molecule has 1 saturated heterocycles. The number of aliphatic hydroxyl groups is 1. The minimum atomic E-state index is -0.321. The predicted molar refractivity (Wildman–Crippen MR) is 63.7 cm³/mol. The number of hydrogen-bond donors (Lipinski definition) is 2. The highest BCUT2D eigenvalue weighted by atomic mass is 32.1. The maximum absolute atomic E-state index is 9.45. The van der Waals surface area contributed by atoms with Crippen molar-refractivity contribution >= 4 is 11.3 Å². The molecule has 1 fully saturated rings. The van der Waals surface area contributed by atoms with Gasteiger partial charge >= 0.3 is 0 Å². The van der Waals surface area contributed by atoms with Gasteiger partial charge in [0.15, 0.2) is 0 Å². The molecular weight excluding hydrogens is 238 g/mol. The van der Waals surface area contributed by atoms with E-state index in [1.165, 1.54) is 0 Å². The highest BCUT2D eigenvalue weighted by Gasteiger charge is 2.28. The van der Waals surface area contributed by atoms with Crippen LogP contribution < -0.4 is 5.32 Å². The normalized spacial score (nSPS) is 24.4. The lowest BCUT2D eigenvalue weighted by Gasteiger charge is -2.01. The van der Waals surface area contributed by atoms with Crippen LogP contribution in [0.15, 0.2) is 15.3 Å². The molecule has 0 unspecified atom stereocenters. The zero-order valence-corrected chi connectivity index (χ0v) is 10.2. The van der Waals surface area contributed by atoms with Gasteiger partial charge < -0.3 is 14.9 Å². The third kappa shape index (κ3) is 1.99. The van der Waals surface area contributed by atoms with E-state index in [0.717, 1.165) is 11.1 Å². The first-order valence-electron chi connectivity index (χ1n) is 5.52. The Morgan fingerprint density at radius 1 is 1.53 bits per heavy atom. The van der Waals surface area contributed by atoms with Crippen LogP contribution in [0.5, 0.6) is 0 Å². The summed E-state index contributed by atoms with van der Waals surface area (Å²) >= 11 is 1.63. The Hall–Kier alpha value is -1.24. The summed E-state index contributed by atoms with van der Waals surface area (Å²) in [4.78, 5) is 4.39. The maximum Gasteiger partial charge on any atom is 0.244 e. The highest BCUT2D eigenvalue weighted by Crippen LogP contribution is 2.27. The van der Waals surface area contributed by atoms with Gasteiger partial charge in [0.25, 0.3) is 0 Å². The fraction of sp³-hybridized carbons (Fsp3) is 0.455. The van der Waals surface area contributed by atoms with E-state index in [-0.39, 0.29) is 12.1 Å².